The van der Waals surface area contributed by atoms with Gasteiger partial charge >= 0.3 is 0 Å². The summed E-state index contributed by atoms with van der Waals surface area (Å²) in [7, 11) is 1.57. The Morgan fingerprint density at radius 3 is 2.83 bits per heavy atom. The highest BCUT2D eigenvalue weighted by molar-refractivity contribution is 5.81. The van der Waals surface area contributed by atoms with Crippen LogP contribution in [0.5, 0.6) is 0 Å². The molecule has 0 amide bonds. The van der Waals surface area contributed by atoms with Gasteiger partial charge in [-0.1, -0.05) is 36.9 Å². The van der Waals surface area contributed by atoms with Crippen molar-refractivity contribution in [3.63, 3.8) is 0 Å². The van der Waals surface area contributed by atoms with Gasteiger partial charge in [0.1, 0.15) is 17.1 Å². The van der Waals surface area contributed by atoms with Crippen molar-refractivity contribution in [3.8, 4) is 11.1 Å². The highest BCUT2D eigenvalue weighted by Gasteiger charge is 2.08. The largest absolute Gasteiger partial charge is 0.497 e. The van der Waals surface area contributed by atoms with E-state index >= 15 is 0 Å². The summed E-state index contributed by atoms with van der Waals surface area (Å²) >= 11 is 0. The topological polar surface area (TPSA) is 35.3 Å². The summed E-state index contributed by atoms with van der Waals surface area (Å²) in [6.07, 6.45) is 6.86. The molecule has 0 N–H and O–H groups in total. The lowest BCUT2D eigenvalue weighted by Gasteiger charge is -2.02. The molecule has 0 saturated carbocycles. The van der Waals surface area contributed by atoms with Crippen LogP contribution in [0, 0.1) is 5.82 Å². The van der Waals surface area contributed by atoms with Gasteiger partial charge in [-0.2, -0.15) is 0 Å². The molecule has 0 aliphatic carbocycles. The molecule has 1 aromatic heterocycles. The predicted molar refractivity (Wildman–Crippen MR) is 93.7 cm³/mol. The fraction of sp³-hybridized carbons (Fsp3) is 0.0500. The van der Waals surface area contributed by atoms with Crippen molar-refractivity contribution in [3.05, 3.63) is 84.7 Å². The number of aromatic nitrogens is 1. The number of ether oxygens (including phenoxy) is 1. The number of hydrogen-bond acceptors (Lipinski definition) is 3. The van der Waals surface area contributed by atoms with Crippen LogP contribution in [0.2, 0.25) is 0 Å². The van der Waals surface area contributed by atoms with Gasteiger partial charge in [0.15, 0.2) is 5.58 Å². The molecule has 2 aromatic carbocycles. The lowest BCUT2D eigenvalue weighted by Crippen LogP contribution is -1.82. The first kappa shape index (κ1) is 15.7. The Kier molecular flexibility index (Phi) is 4.57. The van der Waals surface area contributed by atoms with E-state index in [4.69, 9.17) is 9.15 Å². The number of allylic oxidation sites excluding steroid dienone is 3. The van der Waals surface area contributed by atoms with Crippen LogP contribution in [0.1, 0.15) is 5.89 Å². The van der Waals surface area contributed by atoms with E-state index in [2.05, 4.69) is 11.6 Å². The molecule has 0 atom stereocenters. The molecule has 3 aromatic rings. The summed E-state index contributed by atoms with van der Waals surface area (Å²) < 4.78 is 24.7. The molecular weight excluding hydrogens is 305 g/mol. The van der Waals surface area contributed by atoms with Crippen molar-refractivity contribution in [2.24, 2.45) is 0 Å². The van der Waals surface area contributed by atoms with Crippen LogP contribution in [-0.4, -0.2) is 12.1 Å². The van der Waals surface area contributed by atoms with Crippen molar-refractivity contribution >= 4 is 17.2 Å². The number of methoxy groups -OCH3 is 1. The number of hydrogen-bond donors (Lipinski definition) is 0. The third-order valence-corrected chi connectivity index (χ3v) is 3.53. The maximum absolute atomic E-state index is 13.9. The van der Waals surface area contributed by atoms with Gasteiger partial charge in [0.2, 0.25) is 5.89 Å². The van der Waals surface area contributed by atoms with Crippen LogP contribution in [0.4, 0.5) is 4.39 Å². The van der Waals surface area contributed by atoms with Crippen molar-refractivity contribution in [2.45, 2.75) is 0 Å². The molecular formula is C20H16FNO2. The standard InChI is InChI=1S/C20H16FNO2/c1-3-15(23-2)7-6-10-20-22-18-12-11-14(13-19(18)24-20)16-8-4-5-9-17(16)21/h3-13H,1H2,2H3/b10-6+,15-7+. The third kappa shape index (κ3) is 3.27. The van der Waals surface area contributed by atoms with Crippen molar-refractivity contribution in [1.82, 2.24) is 4.98 Å². The van der Waals surface area contributed by atoms with Crippen LogP contribution >= 0.6 is 0 Å². The van der Waals surface area contributed by atoms with E-state index in [9.17, 15) is 4.39 Å². The van der Waals surface area contributed by atoms with E-state index < -0.39 is 0 Å². The second-order valence-electron chi connectivity index (χ2n) is 5.05. The average Bonchev–Trinajstić information content (AvgIpc) is 3.01. The van der Waals surface area contributed by atoms with E-state index in [1.807, 2.05) is 12.1 Å². The Balaban J connectivity index is 1.92. The Labute approximate surface area is 139 Å². The maximum atomic E-state index is 13.9. The van der Waals surface area contributed by atoms with Gasteiger partial charge in [-0.15, -0.1) is 0 Å². The first-order chi connectivity index (χ1) is 11.7. The number of oxazole rings is 1. The molecule has 3 nitrogen and oxygen atoms in total. The maximum Gasteiger partial charge on any atom is 0.219 e. The number of halogens is 1. The molecule has 0 aliphatic heterocycles. The van der Waals surface area contributed by atoms with Crippen LogP contribution in [0.25, 0.3) is 28.3 Å². The van der Waals surface area contributed by atoms with Gasteiger partial charge in [0.25, 0.3) is 0 Å². The van der Waals surface area contributed by atoms with E-state index in [0.29, 0.717) is 22.8 Å². The minimum Gasteiger partial charge on any atom is -0.497 e. The molecule has 3 rings (SSSR count). The molecule has 0 radical (unpaired) electrons. The number of fused-ring (bicyclic) bond motifs is 1. The predicted octanol–water partition coefficient (Wildman–Crippen LogP) is 5.36. The Hall–Kier alpha value is -3.14. The zero-order valence-electron chi connectivity index (χ0n) is 13.2. The summed E-state index contributed by atoms with van der Waals surface area (Å²) in [5.41, 5.74) is 2.61. The fourth-order valence-corrected chi connectivity index (χ4v) is 2.32. The SMILES string of the molecule is C=C/C(=C\C=C\c1nc2ccc(-c3ccccc3F)cc2o1)OC. The van der Waals surface area contributed by atoms with Gasteiger partial charge in [0.05, 0.1) is 7.11 Å². The zero-order valence-corrected chi connectivity index (χ0v) is 13.2. The highest BCUT2D eigenvalue weighted by atomic mass is 19.1. The van der Waals surface area contributed by atoms with Crippen LogP contribution in [-0.2, 0) is 4.74 Å². The lowest BCUT2D eigenvalue weighted by molar-refractivity contribution is 0.307. The summed E-state index contributed by atoms with van der Waals surface area (Å²) in [5, 5.41) is 0. The fourth-order valence-electron chi connectivity index (χ4n) is 2.32. The molecule has 4 heteroatoms. The minimum atomic E-state index is -0.266. The van der Waals surface area contributed by atoms with Crippen molar-refractivity contribution in [2.75, 3.05) is 7.11 Å². The smallest absolute Gasteiger partial charge is 0.219 e. The van der Waals surface area contributed by atoms with Gasteiger partial charge < -0.3 is 9.15 Å². The number of rotatable bonds is 5. The third-order valence-electron chi connectivity index (χ3n) is 3.53. The van der Waals surface area contributed by atoms with Crippen molar-refractivity contribution < 1.29 is 13.5 Å². The van der Waals surface area contributed by atoms with Crippen molar-refractivity contribution in [1.29, 1.82) is 0 Å². The molecule has 0 unspecified atom stereocenters. The summed E-state index contributed by atoms with van der Waals surface area (Å²) in [6, 6.07) is 12.1. The highest BCUT2D eigenvalue weighted by Crippen LogP contribution is 2.27. The summed E-state index contributed by atoms with van der Waals surface area (Å²) in [4.78, 5) is 4.38. The van der Waals surface area contributed by atoms with E-state index in [1.165, 1.54) is 6.07 Å². The zero-order chi connectivity index (χ0) is 16.9. The molecule has 0 bridgehead atoms. The minimum absolute atomic E-state index is 0.266. The first-order valence-corrected chi connectivity index (χ1v) is 7.41. The van der Waals surface area contributed by atoms with E-state index in [-0.39, 0.29) is 5.82 Å². The monoisotopic (exact) mass is 321 g/mol. The Morgan fingerprint density at radius 1 is 1.25 bits per heavy atom. The van der Waals surface area contributed by atoms with E-state index in [0.717, 1.165) is 11.1 Å². The molecule has 0 spiro atoms. The molecule has 1 heterocycles. The summed E-state index contributed by atoms with van der Waals surface area (Å²) in [5.74, 6) is 0.841. The van der Waals surface area contributed by atoms with Gasteiger partial charge in [-0.3, -0.25) is 0 Å². The summed E-state index contributed by atoms with van der Waals surface area (Å²) in [6.45, 7) is 3.64. The second-order valence-corrected chi connectivity index (χ2v) is 5.05. The Morgan fingerprint density at radius 2 is 2.08 bits per heavy atom. The number of benzene rings is 2. The average molecular weight is 321 g/mol. The lowest BCUT2D eigenvalue weighted by atomic mass is 10.1. The number of nitrogens with zero attached hydrogens (tertiary/aromatic N) is 1. The normalized spacial score (nSPS) is 12.0. The molecule has 0 fully saturated rings. The van der Waals surface area contributed by atoms with Crippen LogP contribution in [0.15, 0.2) is 77.4 Å². The van der Waals surface area contributed by atoms with E-state index in [1.54, 1.807) is 55.7 Å². The molecule has 120 valence electrons. The molecule has 0 saturated heterocycles. The molecule has 24 heavy (non-hydrogen) atoms. The first-order valence-electron chi connectivity index (χ1n) is 7.41. The van der Waals surface area contributed by atoms with Gasteiger partial charge in [-0.05, 0) is 35.9 Å². The van der Waals surface area contributed by atoms with Gasteiger partial charge in [0, 0.05) is 11.6 Å². The quantitative estimate of drug-likeness (QED) is 0.468. The van der Waals surface area contributed by atoms with Gasteiger partial charge in [-0.25, -0.2) is 9.37 Å². The second kappa shape index (κ2) is 6.96. The molecule has 0 aliphatic rings. The van der Waals surface area contributed by atoms with Crippen LogP contribution in [0.3, 0.4) is 0 Å². The Bertz CT molecular complexity index is 938. The van der Waals surface area contributed by atoms with Crippen LogP contribution < -0.4 is 0 Å².